The Morgan fingerprint density at radius 2 is 2.22 bits per heavy atom. The van der Waals surface area contributed by atoms with Crippen LogP contribution in [0.1, 0.15) is 17.0 Å². The van der Waals surface area contributed by atoms with E-state index in [9.17, 15) is 10.1 Å². The molecule has 94 valence electrons. The molecular formula is C11H12N4O3. The molecule has 18 heavy (non-hydrogen) atoms. The highest BCUT2D eigenvalue weighted by molar-refractivity contribution is 5.41. The largest absolute Gasteiger partial charge is 0.366 e. The molecule has 2 aromatic heterocycles. The van der Waals surface area contributed by atoms with Crippen molar-refractivity contribution in [2.45, 2.75) is 20.4 Å². The highest BCUT2D eigenvalue weighted by Crippen LogP contribution is 2.16. The summed E-state index contributed by atoms with van der Waals surface area (Å²) >= 11 is 0. The van der Waals surface area contributed by atoms with E-state index in [1.54, 1.807) is 6.07 Å². The summed E-state index contributed by atoms with van der Waals surface area (Å²) in [5.74, 6) is 1.32. The van der Waals surface area contributed by atoms with E-state index in [2.05, 4.69) is 15.5 Å². The van der Waals surface area contributed by atoms with Crippen LogP contribution in [0.3, 0.4) is 0 Å². The molecule has 0 fully saturated rings. The number of nitrogens with one attached hydrogen (secondary N) is 1. The van der Waals surface area contributed by atoms with Crippen LogP contribution in [-0.2, 0) is 6.54 Å². The van der Waals surface area contributed by atoms with Crippen LogP contribution in [0.2, 0.25) is 0 Å². The minimum absolute atomic E-state index is 0.0297. The van der Waals surface area contributed by atoms with Gasteiger partial charge in [-0.25, -0.2) is 4.98 Å². The molecule has 0 aliphatic rings. The molecule has 0 spiro atoms. The molecule has 0 amide bonds. The van der Waals surface area contributed by atoms with Crippen LogP contribution in [0.4, 0.5) is 11.5 Å². The normalized spacial score (nSPS) is 10.3. The lowest BCUT2D eigenvalue weighted by atomic mass is 10.2. The fourth-order valence-corrected chi connectivity index (χ4v) is 1.53. The van der Waals surface area contributed by atoms with Crippen molar-refractivity contribution in [2.24, 2.45) is 0 Å². The average Bonchev–Trinajstić information content (AvgIpc) is 2.67. The van der Waals surface area contributed by atoms with Crippen LogP contribution >= 0.6 is 0 Å². The van der Waals surface area contributed by atoms with Crippen molar-refractivity contribution in [2.75, 3.05) is 5.32 Å². The van der Waals surface area contributed by atoms with Crippen molar-refractivity contribution in [3.63, 3.8) is 0 Å². The van der Waals surface area contributed by atoms with Gasteiger partial charge in [-0.2, -0.15) is 0 Å². The van der Waals surface area contributed by atoms with E-state index >= 15 is 0 Å². The summed E-state index contributed by atoms with van der Waals surface area (Å²) in [7, 11) is 0. The second-order valence-corrected chi connectivity index (χ2v) is 3.82. The summed E-state index contributed by atoms with van der Waals surface area (Å²) in [5.41, 5.74) is 1.76. The van der Waals surface area contributed by atoms with Gasteiger partial charge < -0.3 is 9.84 Å². The van der Waals surface area contributed by atoms with Crippen LogP contribution in [-0.4, -0.2) is 15.1 Å². The van der Waals surface area contributed by atoms with E-state index in [1.807, 2.05) is 13.8 Å². The van der Waals surface area contributed by atoms with Crippen LogP contribution in [0.15, 0.2) is 22.9 Å². The van der Waals surface area contributed by atoms with Gasteiger partial charge in [-0.15, -0.1) is 0 Å². The number of hydrogen-bond donors (Lipinski definition) is 1. The molecule has 0 bridgehead atoms. The van der Waals surface area contributed by atoms with Crippen LogP contribution in [0.5, 0.6) is 0 Å². The standard InChI is InChI=1S/C11H12N4O3/c1-7-10(8(2)18-14-7)6-13-11-4-3-9(5-12-11)15(16)17/h3-5H,6H2,1-2H3,(H,12,13). The fourth-order valence-electron chi connectivity index (χ4n) is 1.53. The first kappa shape index (κ1) is 12.0. The molecule has 0 radical (unpaired) electrons. The summed E-state index contributed by atoms with van der Waals surface area (Å²) < 4.78 is 5.03. The quantitative estimate of drug-likeness (QED) is 0.658. The molecule has 0 saturated carbocycles. The van der Waals surface area contributed by atoms with Crippen LogP contribution < -0.4 is 5.32 Å². The topological polar surface area (TPSA) is 94.1 Å². The molecule has 0 atom stereocenters. The molecular weight excluding hydrogens is 236 g/mol. The van der Waals surface area contributed by atoms with Crippen LogP contribution in [0.25, 0.3) is 0 Å². The third-order valence-corrected chi connectivity index (χ3v) is 2.59. The SMILES string of the molecule is Cc1noc(C)c1CNc1ccc([N+](=O)[O-])cn1. The Morgan fingerprint density at radius 1 is 1.44 bits per heavy atom. The lowest BCUT2D eigenvalue weighted by Gasteiger charge is -2.04. The van der Waals surface area contributed by atoms with Crippen LogP contribution in [0, 0.1) is 24.0 Å². The Balaban J connectivity index is 2.04. The molecule has 2 heterocycles. The zero-order valence-electron chi connectivity index (χ0n) is 10.0. The number of anilines is 1. The number of nitro groups is 1. The molecule has 0 saturated heterocycles. The number of nitrogens with zero attached hydrogens (tertiary/aromatic N) is 3. The Morgan fingerprint density at radius 3 is 2.72 bits per heavy atom. The maximum absolute atomic E-state index is 10.5. The van der Waals surface area contributed by atoms with Gasteiger partial charge in [0.25, 0.3) is 5.69 Å². The minimum Gasteiger partial charge on any atom is -0.366 e. The van der Waals surface area contributed by atoms with Gasteiger partial charge in [0.15, 0.2) is 0 Å². The molecule has 7 heteroatoms. The Kier molecular flexibility index (Phi) is 3.22. The molecule has 1 N–H and O–H groups in total. The highest BCUT2D eigenvalue weighted by Gasteiger charge is 2.09. The van der Waals surface area contributed by atoms with Gasteiger partial charge in [-0.3, -0.25) is 10.1 Å². The summed E-state index contributed by atoms with van der Waals surface area (Å²) in [6.45, 7) is 4.21. The molecule has 7 nitrogen and oxygen atoms in total. The first-order valence-electron chi connectivity index (χ1n) is 5.34. The average molecular weight is 248 g/mol. The summed E-state index contributed by atoms with van der Waals surface area (Å²) in [5, 5.41) is 17.4. The van der Waals surface area contributed by atoms with Crippen molar-refractivity contribution >= 4 is 11.5 Å². The number of rotatable bonds is 4. The zero-order chi connectivity index (χ0) is 13.1. The van der Waals surface area contributed by atoms with Gasteiger partial charge in [0.2, 0.25) is 0 Å². The lowest BCUT2D eigenvalue weighted by Crippen LogP contribution is -2.03. The fraction of sp³-hybridized carbons (Fsp3) is 0.273. The van der Waals surface area contributed by atoms with Gasteiger partial charge in [0, 0.05) is 18.2 Å². The predicted molar refractivity (Wildman–Crippen MR) is 64.2 cm³/mol. The molecule has 2 rings (SSSR count). The van der Waals surface area contributed by atoms with E-state index in [0.717, 1.165) is 17.0 Å². The maximum Gasteiger partial charge on any atom is 0.287 e. The molecule has 0 aliphatic heterocycles. The Hall–Kier alpha value is -2.44. The number of aryl methyl sites for hydroxylation is 2. The first-order chi connectivity index (χ1) is 8.58. The molecule has 2 aromatic rings. The van der Waals surface area contributed by atoms with E-state index in [1.165, 1.54) is 12.3 Å². The van der Waals surface area contributed by atoms with Crippen molar-refractivity contribution in [1.82, 2.24) is 10.1 Å². The van der Waals surface area contributed by atoms with E-state index in [-0.39, 0.29) is 5.69 Å². The van der Waals surface area contributed by atoms with Crippen molar-refractivity contribution in [1.29, 1.82) is 0 Å². The highest BCUT2D eigenvalue weighted by atomic mass is 16.6. The zero-order valence-corrected chi connectivity index (χ0v) is 10.0. The van der Waals surface area contributed by atoms with Gasteiger partial charge >= 0.3 is 0 Å². The van der Waals surface area contributed by atoms with Crippen molar-refractivity contribution in [3.8, 4) is 0 Å². The summed E-state index contributed by atoms with van der Waals surface area (Å²) in [6.07, 6.45) is 1.22. The molecule has 0 unspecified atom stereocenters. The third kappa shape index (κ3) is 2.45. The van der Waals surface area contributed by atoms with E-state index < -0.39 is 4.92 Å². The number of pyridine rings is 1. The van der Waals surface area contributed by atoms with Gasteiger partial charge in [-0.05, 0) is 19.9 Å². The third-order valence-electron chi connectivity index (χ3n) is 2.59. The van der Waals surface area contributed by atoms with Crippen molar-refractivity contribution < 1.29 is 9.45 Å². The van der Waals surface area contributed by atoms with Gasteiger partial charge in [-0.1, -0.05) is 5.16 Å². The summed E-state index contributed by atoms with van der Waals surface area (Å²) in [4.78, 5) is 13.9. The van der Waals surface area contributed by atoms with Gasteiger partial charge in [0.05, 0.1) is 10.6 Å². The molecule has 0 aliphatic carbocycles. The van der Waals surface area contributed by atoms with E-state index in [4.69, 9.17) is 4.52 Å². The maximum atomic E-state index is 10.5. The van der Waals surface area contributed by atoms with Gasteiger partial charge in [0.1, 0.15) is 17.8 Å². The monoisotopic (exact) mass is 248 g/mol. The minimum atomic E-state index is -0.481. The Labute approximate surface area is 103 Å². The number of hydrogen-bond acceptors (Lipinski definition) is 6. The second kappa shape index (κ2) is 4.82. The predicted octanol–water partition coefficient (Wildman–Crippen LogP) is 2.21. The molecule has 0 aromatic carbocycles. The smallest absolute Gasteiger partial charge is 0.287 e. The Bertz CT molecular complexity index is 543. The van der Waals surface area contributed by atoms with Crippen molar-refractivity contribution in [3.05, 3.63) is 45.5 Å². The second-order valence-electron chi connectivity index (χ2n) is 3.82. The summed E-state index contributed by atoms with van der Waals surface area (Å²) in [6, 6.07) is 2.97. The number of aromatic nitrogens is 2. The lowest BCUT2D eigenvalue weighted by molar-refractivity contribution is -0.385. The first-order valence-corrected chi connectivity index (χ1v) is 5.34. The van der Waals surface area contributed by atoms with E-state index in [0.29, 0.717) is 12.4 Å².